The van der Waals surface area contributed by atoms with E-state index in [-0.39, 0.29) is 6.03 Å². The van der Waals surface area contributed by atoms with Crippen molar-refractivity contribution in [3.63, 3.8) is 0 Å². The van der Waals surface area contributed by atoms with E-state index in [9.17, 15) is 4.79 Å². The van der Waals surface area contributed by atoms with Gasteiger partial charge >= 0.3 is 6.03 Å². The summed E-state index contributed by atoms with van der Waals surface area (Å²) in [4.78, 5) is 18.3. The van der Waals surface area contributed by atoms with Crippen LogP contribution in [0.2, 0.25) is 0 Å². The number of aromatic nitrogens is 1. The van der Waals surface area contributed by atoms with E-state index in [4.69, 9.17) is 4.74 Å². The first-order valence-corrected chi connectivity index (χ1v) is 8.90. The molecule has 0 aliphatic carbocycles. The zero-order valence-corrected chi connectivity index (χ0v) is 14.8. The fourth-order valence-corrected chi connectivity index (χ4v) is 3.50. The number of morpholine rings is 1. The summed E-state index contributed by atoms with van der Waals surface area (Å²) in [6.45, 7) is 3.68. The molecule has 0 radical (unpaired) electrons. The smallest absolute Gasteiger partial charge is 0.321 e. The molecule has 1 aliphatic rings. The third-order valence-corrected chi connectivity index (χ3v) is 4.87. The van der Waals surface area contributed by atoms with Gasteiger partial charge in [0.25, 0.3) is 0 Å². The maximum absolute atomic E-state index is 12.0. The zero-order valence-electron chi connectivity index (χ0n) is 12.4. The maximum Gasteiger partial charge on any atom is 0.321 e. The molecule has 1 saturated heterocycles. The molecule has 0 saturated carbocycles. The Hall–Kier alpha value is -1.64. The average Bonchev–Trinajstić information content (AvgIpc) is 2.99. The normalized spacial score (nSPS) is 14.6. The van der Waals surface area contributed by atoms with Crippen LogP contribution in [0, 0.1) is 0 Å². The Morgan fingerprint density at radius 3 is 2.87 bits per heavy atom. The molecule has 1 fully saturated rings. The second kappa shape index (κ2) is 7.76. The van der Waals surface area contributed by atoms with Gasteiger partial charge in [-0.25, -0.2) is 9.78 Å². The van der Waals surface area contributed by atoms with Gasteiger partial charge in [0.05, 0.1) is 23.2 Å². The number of anilines is 2. The minimum absolute atomic E-state index is 0.261. The summed E-state index contributed by atoms with van der Waals surface area (Å²) in [5.41, 5.74) is 2.23. The molecule has 23 heavy (non-hydrogen) atoms. The monoisotopic (exact) mass is 396 g/mol. The lowest BCUT2D eigenvalue weighted by Crippen LogP contribution is -2.37. The van der Waals surface area contributed by atoms with Gasteiger partial charge in [0.15, 0.2) is 5.13 Å². The van der Waals surface area contributed by atoms with Gasteiger partial charge in [-0.1, -0.05) is 29.5 Å². The first kappa shape index (κ1) is 16.2. The van der Waals surface area contributed by atoms with E-state index in [1.54, 1.807) is 6.20 Å². The van der Waals surface area contributed by atoms with Gasteiger partial charge in [-0.2, -0.15) is 0 Å². The number of hydrogen-bond donors (Lipinski definition) is 2. The largest absolute Gasteiger partial charge is 0.378 e. The van der Waals surface area contributed by atoms with Crippen LogP contribution in [0.1, 0.15) is 5.56 Å². The standard InChI is InChI=1S/C15H17BrN4O2S/c16-13-10-18-15(23-13)19-14(21)17-9-11-3-1-2-4-12(11)20-5-7-22-8-6-20/h1-4,10H,5-9H2,(H2,17,18,19,21). The summed E-state index contributed by atoms with van der Waals surface area (Å²) in [7, 11) is 0. The summed E-state index contributed by atoms with van der Waals surface area (Å²) in [5, 5.41) is 6.17. The number of carbonyl (C=O) groups is 1. The van der Waals surface area contributed by atoms with E-state index in [1.807, 2.05) is 18.2 Å². The summed E-state index contributed by atoms with van der Waals surface area (Å²) < 4.78 is 6.28. The minimum atomic E-state index is -0.261. The highest BCUT2D eigenvalue weighted by atomic mass is 79.9. The number of nitrogens with one attached hydrogen (secondary N) is 2. The van der Waals surface area contributed by atoms with Gasteiger partial charge in [-0.15, -0.1) is 0 Å². The van der Waals surface area contributed by atoms with Gasteiger partial charge in [0, 0.05) is 25.3 Å². The van der Waals surface area contributed by atoms with Crippen LogP contribution in [-0.2, 0) is 11.3 Å². The quantitative estimate of drug-likeness (QED) is 0.833. The molecule has 1 aliphatic heterocycles. The molecule has 8 heteroatoms. The first-order valence-electron chi connectivity index (χ1n) is 7.29. The van der Waals surface area contributed by atoms with E-state index < -0.39 is 0 Å². The van der Waals surface area contributed by atoms with Crippen LogP contribution < -0.4 is 15.5 Å². The topological polar surface area (TPSA) is 66.5 Å². The van der Waals surface area contributed by atoms with Crippen LogP contribution in [0.4, 0.5) is 15.6 Å². The van der Waals surface area contributed by atoms with Gasteiger partial charge in [0.1, 0.15) is 0 Å². The SMILES string of the molecule is O=C(NCc1ccccc1N1CCOCC1)Nc1ncc(Br)s1. The van der Waals surface area contributed by atoms with Crippen molar-refractivity contribution >= 4 is 44.1 Å². The molecular formula is C15H17BrN4O2S. The number of thiazole rings is 1. The van der Waals surface area contributed by atoms with Gasteiger partial charge in [-0.3, -0.25) is 5.32 Å². The fourth-order valence-electron chi connectivity index (χ4n) is 2.40. The molecule has 0 unspecified atom stereocenters. The second-order valence-electron chi connectivity index (χ2n) is 5.01. The van der Waals surface area contributed by atoms with E-state index in [0.29, 0.717) is 11.7 Å². The van der Waals surface area contributed by atoms with Crippen molar-refractivity contribution in [2.45, 2.75) is 6.54 Å². The van der Waals surface area contributed by atoms with Crippen LogP contribution >= 0.6 is 27.3 Å². The minimum Gasteiger partial charge on any atom is -0.378 e. The van der Waals surface area contributed by atoms with Crippen molar-refractivity contribution in [1.29, 1.82) is 0 Å². The van der Waals surface area contributed by atoms with E-state index in [2.05, 4.69) is 42.5 Å². The van der Waals surface area contributed by atoms with Crippen molar-refractivity contribution in [3.8, 4) is 0 Å². The molecule has 0 spiro atoms. The highest BCUT2D eigenvalue weighted by Crippen LogP contribution is 2.23. The highest BCUT2D eigenvalue weighted by Gasteiger charge is 2.14. The Bertz CT molecular complexity index is 673. The molecule has 0 bridgehead atoms. The Morgan fingerprint density at radius 2 is 2.13 bits per heavy atom. The maximum atomic E-state index is 12.0. The summed E-state index contributed by atoms with van der Waals surface area (Å²) in [5.74, 6) is 0. The van der Waals surface area contributed by atoms with Crippen LogP contribution in [0.3, 0.4) is 0 Å². The van der Waals surface area contributed by atoms with Crippen LogP contribution in [0.15, 0.2) is 34.2 Å². The summed E-state index contributed by atoms with van der Waals surface area (Å²) in [6, 6.07) is 7.85. The van der Waals surface area contributed by atoms with Crippen LogP contribution in [0.25, 0.3) is 0 Å². The lowest BCUT2D eigenvalue weighted by molar-refractivity contribution is 0.122. The zero-order chi connectivity index (χ0) is 16.1. The van der Waals surface area contributed by atoms with E-state index in [0.717, 1.165) is 41.3 Å². The molecule has 2 N–H and O–H groups in total. The van der Waals surface area contributed by atoms with Crippen molar-refractivity contribution in [1.82, 2.24) is 10.3 Å². The number of urea groups is 1. The van der Waals surface area contributed by atoms with E-state index >= 15 is 0 Å². The van der Waals surface area contributed by atoms with Crippen molar-refractivity contribution < 1.29 is 9.53 Å². The van der Waals surface area contributed by atoms with Crippen molar-refractivity contribution in [3.05, 3.63) is 39.8 Å². The molecule has 2 amide bonds. The molecule has 122 valence electrons. The number of nitrogens with zero attached hydrogens (tertiary/aromatic N) is 2. The lowest BCUT2D eigenvalue weighted by Gasteiger charge is -2.30. The summed E-state index contributed by atoms with van der Waals surface area (Å²) >= 11 is 4.70. The number of amides is 2. The molecule has 1 aromatic heterocycles. The third kappa shape index (κ3) is 4.43. The number of benzene rings is 1. The van der Waals surface area contributed by atoms with Crippen molar-refractivity contribution in [2.24, 2.45) is 0 Å². The Balaban J connectivity index is 1.60. The molecule has 3 rings (SSSR count). The van der Waals surface area contributed by atoms with Gasteiger partial charge in [-0.05, 0) is 27.6 Å². The molecular weight excluding hydrogens is 380 g/mol. The Morgan fingerprint density at radius 1 is 1.35 bits per heavy atom. The van der Waals surface area contributed by atoms with Crippen molar-refractivity contribution in [2.75, 3.05) is 36.5 Å². The second-order valence-corrected chi connectivity index (χ2v) is 7.42. The number of para-hydroxylation sites is 1. The predicted molar refractivity (Wildman–Crippen MR) is 95.1 cm³/mol. The number of carbonyl (C=O) groups excluding carboxylic acids is 1. The molecule has 1 aromatic carbocycles. The highest BCUT2D eigenvalue weighted by molar-refractivity contribution is 9.11. The number of ether oxygens (including phenoxy) is 1. The summed E-state index contributed by atoms with van der Waals surface area (Å²) in [6.07, 6.45) is 1.66. The Labute approximate surface area is 147 Å². The Kier molecular flexibility index (Phi) is 5.47. The predicted octanol–water partition coefficient (Wildman–Crippen LogP) is 3.06. The number of hydrogen-bond acceptors (Lipinski definition) is 5. The molecule has 0 atom stereocenters. The average molecular weight is 397 g/mol. The van der Waals surface area contributed by atoms with Gasteiger partial charge in [0.2, 0.25) is 0 Å². The molecule has 2 aromatic rings. The van der Waals surface area contributed by atoms with Crippen LogP contribution in [-0.4, -0.2) is 37.3 Å². The fraction of sp³-hybridized carbons (Fsp3) is 0.333. The lowest BCUT2D eigenvalue weighted by atomic mass is 10.1. The third-order valence-electron chi connectivity index (χ3n) is 3.48. The number of rotatable bonds is 4. The molecule has 6 nitrogen and oxygen atoms in total. The first-order chi connectivity index (χ1) is 11.2. The number of halogens is 1. The van der Waals surface area contributed by atoms with Crippen LogP contribution in [0.5, 0.6) is 0 Å². The molecule has 2 heterocycles. The van der Waals surface area contributed by atoms with E-state index in [1.165, 1.54) is 11.3 Å². The van der Waals surface area contributed by atoms with Gasteiger partial charge < -0.3 is 15.0 Å².